The number of esters is 1. The Hall–Kier alpha value is -1.79. The molecule has 1 aromatic heterocycles. The molecule has 0 saturated heterocycles. The van der Waals surface area contributed by atoms with E-state index in [0.29, 0.717) is 6.20 Å². The average molecular weight is 235 g/mol. The van der Waals surface area contributed by atoms with Crippen LogP contribution in [0, 0.1) is 5.95 Å². The fourth-order valence-electron chi connectivity index (χ4n) is 1.11. The van der Waals surface area contributed by atoms with Crippen LogP contribution >= 0.6 is 0 Å². The number of hydrogen-bond donors (Lipinski definition) is 1. The Morgan fingerprint density at radius 2 is 2.25 bits per heavy atom. The van der Waals surface area contributed by atoms with Crippen molar-refractivity contribution in [2.24, 2.45) is 0 Å². The fraction of sp³-hybridized carbons (Fsp3) is 0.333. The molecule has 7 heteroatoms. The lowest BCUT2D eigenvalue weighted by atomic mass is 10.1. The molecule has 0 amide bonds. The maximum Gasteiger partial charge on any atom is 0.343 e. The quantitative estimate of drug-likeness (QED) is 0.643. The van der Waals surface area contributed by atoms with Crippen LogP contribution in [0.5, 0.6) is 5.75 Å². The number of rotatable bonds is 3. The first-order valence-electron chi connectivity index (χ1n) is 4.31. The average Bonchev–Trinajstić information content (AvgIpc) is 2.20. The molecular formula is C9H8F3NO3. The van der Waals surface area contributed by atoms with Crippen LogP contribution in [0.3, 0.4) is 0 Å². The minimum Gasteiger partial charge on any atom is -0.506 e. The van der Waals surface area contributed by atoms with Crippen molar-refractivity contribution in [3.63, 3.8) is 0 Å². The number of carbonyl (C=O) groups is 1. The van der Waals surface area contributed by atoms with E-state index in [9.17, 15) is 18.0 Å². The molecule has 4 nitrogen and oxygen atoms in total. The van der Waals surface area contributed by atoms with Gasteiger partial charge in [-0.15, -0.1) is 0 Å². The van der Waals surface area contributed by atoms with Crippen molar-refractivity contribution in [1.82, 2.24) is 4.98 Å². The van der Waals surface area contributed by atoms with Crippen LogP contribution < -0.4 is 0 Å². The van der Waals surface area contributed by atoms with Crippen LogP contribution in [0.4, 0.5) is 13.2 Å². The molecule has 0 radical (unpaired) electrons. The molecule has 0 aliphatic heterocycles. The normalized spacial score (nSPS) is 10.6. The van der Waals surface area contributed by atoms with E-state index >= 15 is 0 Å². The summed E-state index contributed by atoms with van der Waals surface area (Å²) < 4.78 is 42.5. The highest BCUT2D eigenvalue weighted by Crippen LogP contribution is 2.32. The zero-order valence-corrected chi connectivity index (χ0v) is 8.21. The number of nitrogens with zero attached hydrogens (tertiary/aromatic N) is 1. The van der Waals surface area contributed by atoms with Gasteiger partial charge in [-0.3, -0.25) is 0 Å². The van der Waals surface area contributed by atoms with E-state index in [0.717, 1.165) is 0 Å². The molecule has 0 unspecified atom stereocenters. The standard InChI is InChI=1S/C9H8F3NO3/c1-2-16-9(15)6-5(7(10)11)4(14)3-13-8(6)12/h3,7,14H,2H2,1H3. The van der Waals surface area contributed by atoms with Gasteiger partial charge >= 0.3 is 5.97 Å². The fourth-order valence-corrected chi connectivity index (χ4v) is 1.11. The summed E-state index contributed by atoms with van der Waals surface area (Å²) in [6, 6.07) is 0. The first-order valence-corrected chi connectivity index (χ1v) is 4.31. The molecule has 1 N–H and O–H groups in total. The van der Waals surface area contributed by atoms with Crippen molar-refractivity contribution < 1.29 is 27.8 Å². The number of aromatic nitrogens is 1. The Kier molecular flexibility index (Phi) is 3.70. The first kappa shape index (κ1) is 12.3. The van der Waals surface area contributed by atoms with Crippen LogP contribution in [-0.4, -0.2) is 22.7 Å². The highest BCUT2D eigenvalue weighted by atomic mass is 19.3. The second-order valence-corrected chi connectivity index (χ2v) is 2.74. The SMILES string of the molecule is CCOC(=O)c1c(F)ncc(O)c1C(F)F. The van der Waals surface area contributed by atoms with Crippen LogP contribution in [0.2, 0.25) is 0 Å². The van der Waals surface area contributed by atoms with Gasteiger partial charge in [-0.2, -0.15) is 4.39 Å². The highest BCUT2D eigenvalue weighted by Gasteiger charge is 2.28. The number of halogens is 3. The van der Waals surface area contributed by atoms with E-state index in [1.807, 2.05) is 0 Å². The molecule has 0 spiro atoms. The molecule has 0 bridgehead atoms. The van der Waals surface area contributed by atoms with Crippen LogP contribution in [0.1, 0.15) is 29.3 Å². The Labute approximate surface area is 88.7 Å². The molecule has 0 aromatic carbocycles. The van der Waals surface area contributed by atoms with Gasteiger partial charge in [0.25, 0.3) is 6.43 Å². The summed E-state index contributed by atoms with van der Waals surface area (Å²) >= 11 is 0. The predicted octanol–water partition coefficient (Wildman–Crippen LogP) is 2.04. The van der Waals surface area contributed by atoms with Crippen molar-refractivity contribution in [3.8, 4) is 5.75 Å². The topological polar surface area (TPSA) is 59.4 Å². The minimum absolute atomic E-state index is 0.101. The van der Waals surface area contributed by atoms with Crippen LogP contribution in [-0.2, 0) is 4.74 Å². The van der Waals surface area contributed by atoms with Gasteiger partial charge < -0.3 is 9.84 Å². The monoisotopic (exact) mass is 235 g/mol. The molecule has 1 heterocycles. The Bertz CT molecular complexity index is 409. The summed E-state index contributed by atoms with van der Waals surface area (Å²) in [4.78, 5) is 14.2. The number of ether oxygens (including phenoxy) is 1. The van der Waals surface area contributed by atoms with E-state index in [-0.39, 0.29) is 6.61 Å². The molecule has 1 aromatic rings. The summed E-state index contributed by atoms with van der Waals surface area (Å²) in [7, 11) is 0. The van der Waals surface area contributed by atoms with Gasteiger partial charge in [-0.05, 0) is 6.92 Å². The van der Waals surface area contributed by atoms with E-state index < -0.39 is 35.2 Å². The molecule has 0 aliphatic rings. The van der Waals surface area contributed by atoms with Gasteiger partial charge in [0.2, 0.25) is 5.95 Å². The third-order valence-corrected chi connectivity index (χ3v) is 1.75. The Morgan fingerprint density at radius 1 is 1.62 bits per heavy atom. The number of hydrogen-bond acceptors (Lipinski definition) is 4. The van der Waals surface area contributed by atoms with Crippen molar-refractivity contribution >= 4 is 5.97 Å². The van der Waals surface area contributed by atoms with Crippen molar-refractivity contribution in [3.05, 3.63) is 23.3 Å². The molecule has 16 heavy (non-hydrogen) atoms. The largest absolute Gasteiger partial charge is 0.506 e. The maximum absolute atomic E-state index is 13.1. The highest BCUT2D eigenvalue weighted by molar-refractivity contribution is 5.91. The van der Waals surface area contributed by atoms with E-state index in [4.69, 9.17) is 5.11 Å². The lowest BCUT2D eigenvalue weighted by molar-refractivity contribution is 0.0506. The molecule has 0 fully saturated rings. The molecule has 0 aliphatic carbocycles. The second kappa shape index (κ2) is 4.82. The van der Waals surface area contributed by atoms with Crippen LogP contribution in [0.25, 0.3) is 0 Å². The summed E-state index contributed by atoms with van der Waals surface area (Å²) in [5.41, 5.74) is -2.14. The van der Waals surface area contributed by atoms with E-state index in [2.05, 4.69) is 9.72 Å². The molecule has 1 rings (SSSR count). The Morgan fingerprint density at radius 3 is 2.75 bits per heavy atom. The van der Waals surface area contributed by atoms with Gasteiger partial charge in [0.1, 0.15) is 11.3 Å². The predicted molar refractivity (Wildman–Crippen MR) is 46.8 cm³/mol. The zero-order valence-electron chi connectivity index (χ0n) is 8.21. The smallest absolute Gasteiger partial charge is 0.343 e. The summed E-state index contributed by atoms with van der Waals surface area (Å²) in [6.45, 7) is 1.34. The van der Waals surface area contributed by atoms with Gasteiger partial charge in [0, 0.05) is 0 Å². The lowest BCUT2D eigenvalue weighted by Gasteiger charge is -2.09. The van der Waals surface area contributed by atoms with Gasteiger partial charge in [0.15, 0.2) is 0 Å². The second-order valence-electron chi connectivity index (χ2n) is 2.74. The molecule has 88 valence electrons. The van der Waals surface area contributed by atoms with E-state index in [1.165, 1.54) is 6.92 Å². The van der Waals surface area contributed by atoms with Crippen LogP contribution in [0.15, 0.2) is 6.20 Å². The third kappa shape index (κ3) is 2.23. The summed E-state index contributed by atoms with van der Waals surface area (Å²) in [5.74, 6) is -3.62. The lowest BCUT2D eigenvalue weighted by Crippen LogP contribution is -2.12. The van der Waals surface area contributed by atoms with Gasteiger partial charge in [0.05, 0.1) is 18.4 Å². The number of pyridine rings is 1. The van der Waals surface area contributed by atoms with Crippen molar-refractivity contribution in [2.75, 3.05) is 6.61 Å². The summed E-state index contributed by atoms with van der Waals surface area (Å²) in [5, 5.41) is 9.09. The van der Waals surface area contributed by atoms with Crippen molar-refractivity contribution in [2.45, 2.75) is 13.3 Å². The minimum atomic E-state index is -3.20. The van der Waals surface area contributed by atoms with E-state index in [1.54, 1.807) is 0 Å². The molecule has 0 atom stereocenters. The first-order chi connectivity index (χ1) is 7.49. The maximum atomic E-state index is 13.1. The third-order valence-electron chi connectivity index (χ3n) is 1.75. The summed E-state index contributed by atoms with van der Waals surface area (Å²) in [6.07, 6.45) is -2.68. The zero-order chi connectivity index (χ0) is 12.3. The molecule has 0 saturated carbocycles. The number of alkyl halides is 2. The van der Waals surface area contributed by atoms with Gasteiger partial charge in [-0.25, -0.2) is 18.6 Å². The number of carbonyl (C=O) groups excluding carboxylic acids is 1. The van der Waals surface area contributed by atoms with Crippen molar-refractivity contribution in [1.29, 1.82) is 0 Å². The molecular weight excluding hydrogens is 227 g/mol. The van der Waals surface area contributed by atoms with Gasteiger partial charge in [-0.1, -0.05) is 0 Å². The number of aromatic hydroxyl groups is 1. The Balaban J connectivity index is 3.34.